The van der Waals surface area contributed by atoms with Gasteiger partial charge < -0.3 is 20.3 Å². The summed E-state index contributed by atoms with van der Waals surface area (Å²) in [7, 11) is 0. The van der Waals surface area contributed by atoms with Crippen LogP contribution in [0.1, 0.15) is 63.5 Å². The first-order chi connectivity index (χ1) is 10.8. The predicted octanol–water partition coefficient (Wildman–Crippen LogP) is 2.67. The fraction of sp³-hybridized carbons (Fsp3) is 0.684. The molecule has 0 heterocycles. The Labute approximate surface area is 138 Å². The van der Waals surface area contributed by atoms with Crippen LogP contribution in [0.25, 0.3) is 0 Å². The molecule has 3 rings (SSSR count). The van der Waals surface area contributed by atoms with Crippen molar-refractivity contribution in [1.82, 2.24) is 5.32 Å². The zero-order valence-electron chi connectivity index (χ0n) is 14.4. The van der Waals surface area contributed by atoms with Crippen molar-refractivity contribution < 1.29 is 14.9 Å². The standard InChI is InChI=1S/C19H29NO3/c1-18(2,3)20-11-13(21)12-23-16-9-6-7-14-15-8-4-5-10-19(15,22)17(14)16/h6-7,9,13,15,20-22H,4-5,8,10-12H2,1-3H3/t13?,15-,19+/m1/s1. The molecule has 23 heavy (non-hydrogen) atoms. The highest BCUT2D eigenvalue weighted by Gasteiger charge is 2.53. The van der Waals surface area contributed by atoms with Crippen molar-refractivity contribution >= 4 is 0 Å². The van der Waals surface area contributed by atoms with E-state index in [4.69, 9.17) is 4.74 Å². The molecule has 128 valence electrons. The molecule has 0 amide bonds. The minimum absolute atomic E-state index is 0.0258. The molecule has 2 aliphatic rings. The van der Waals surface area contributed by atoms with Gasteiger partial charge in [-0.2, -0.15) is 0 Å². The number of hydrogen-bond donors (Lipinski definition) is 3. The van der Waals surface area contributed by atoms with E-state index in [1.807, 2.05) is 12.1 Å². The van der Waals surface area contributed by atoms with E-state index in [1.54, 1.807) is 0 Å². The summed E-state index contributed by atoms with van der Waals surface area (Å²) in [6.45, 7) is 6.93. The maximum absolute atomic E-state index is 11.0. The van der Waals surface area contributed by atoms with Crippen molar-refractivity contribution in [3.8, 4) is 5.75 Å². The van der Waals surface area contributed by atoms with Crippen LogP contribution in [-0.4, -0.2) is 35.0 Å². The molecule has 3 N–H and O–H groups in total. The molecular weight excluding hydrogens is 290 g/mol. The van der Waals surface area contributed by atoms with Crippen LogP contribution in [-0.2, 0) is 5.60 Å². The lowest BCUT2D eigenvalue weighted by atomic mass is 9.58. The topological polar surface area (TPSA) is 61.7 Å². The minimum Gasteiger partial charge on any atom is -0.490 e. The van der Waals surface area contributed by atoms with Gasteiger partial charge in [-0.05, 0) is 45.2 Å². The van der Waals surface area contributed by atoms with Crippen molar-refractivity contribution in [2.24, 2.45) is 0 Å². The number of hydrogen-bond acceptors (Lipinski definition) is 4. The molecule has 3 atom stereocenters. The summed E-state index contributed by atoms with van der Waals surface area (Å²) in [5.41, 5.74) is 1.45. The molecule has 0 saturated heterocycles. The third-order valence-electron chi connectivity index (χ3n) is 5.04. The maximum Gasteiger partial charge on any atom is 0.125 e. The molecule has 4 heteroatoms. The number of fused-ring (bicyclic) bond motifs is 4. The third-order valence-corrected chi connectivity index (χ3v) is 5.04. The largest absolute Gasteiger partial charge is 0.490 e. The Hall–Kier alpha value is -1.10. The van der Waals surface area contributed by atoms with Crippen molar-refractivity contribution in [2.75, 3.05) is 13.2 Å². The van der Waals surface area contributed by atoms with Gasteiger partial charge >= 0.3 is 0 Å². The Morgan fingerprint density at radius 3 is 2.87 bits per heavy atom. The van der Waals surface area contributed by atoms with E-state index >= 15 is 0 Å². The van der Waals surface area contributed by atoms with Crippen molar-refractivity contribution in [1.29, 1.82) is 0 Å². The number of nitrogens with one attached hydrogen (secondary N) is 1. The minimum atomic E-state index is -0.710. The van der Waals surface area contributed by atoms with Crippen LogP contribution in [0.2, 0.25) is 0 Å². The van der Waals surface area contributed by atoms with E-state index in [0.29, 0.717) is 6.54 Å². The van der Waals surface area contributed by atoms with Gasteiger partial charge in [0.25, 0.3) is 0 Å². The van der Waals surface area contributed by atoms with Crippen molar-refractivity contribution in [2.45, 2.75) is 69.6 Å². The second-order valence-electron chi connectivity index (χ2n) is 8.04. The van der Waals surface area contributed by atoms with Gasteiger partial charge in [0.15, 0.2) is 0 Å². The van der Waals surface area contributed by atoms with Gasteiger partial charge in [0, 0.05) is 23.6 Å². The Balaban J connectivity index is 1.65. The molecule has 1 aromatic carbocycles. The molecule has 1 unspecified atom stereocenters. The van der Waals surface area contributed by atoms with Crippen LogP contribution in [0.4, 0.5) is 0 Å². The summed E-state index contributed by atoms with van der Waals surface area (Å²) in [6.07, 6.45) is 3.57. The van der Waals surface area contributed by atoms with Gasteiger partial charge in [0.1, 0.15) is 24.1 Å². The van der Waals surface area contributed by atoms with Crippen LogP contribution >= 0.6 is 0 Å². The SMILES string of the molecule is CC(C)(C)NCC(O)COc1cccc2c1[C@]1(O)CCCC[C@H]21. The summed E-state index contributed by atoms with van der Waals surface area (Å²) < 4.78 is 5.86. The van der Waals surface area contributed by atoms with E-state index in [9.17, 15) is 10.2 Å². The van der Waals surface area contributed by atoms with Gasteiger partial charge in [-0.25, -0.2) is 0 Å². The van der Waals surface area contributed by atoms with E-state index in [2.05, 4.69) is 32.2 Å². The zero-order chi connectivity index (χ0) is 16.7. The van der Waals surface area contributed by atoms with E-state index < -0.39 is 11.7 Å². The van der Waals surface area contributed by atoms with Crippen LogP contribution in [0, 0.1) is 0 Å². The number of ether oxygens (including phenoxy) is 1. The van der Waals surface area contributed by atoms with Crippen LogP contribution in [0.15, 0.2) is 18.2 Å². The second kappa shape index (κ2) is 6.08. The molecule has 0 bridgehead atoms. The Morgan fingerprint density at radius 1 is 1.35 bits per heavy atom. The van der Waals surface area contributed by atoms with Gasteiger partial charge in [0.2, 0.25) is 0 Å². The predicted molar refractivity (Wildman–Crippen MR) is 90.8 cm³/mol. The van der Waals surface area contributed by atoms with Crippen LogP contribution in [0.5, 0.6) is 5.75 Å². The number of aliphatic hydroxyl groups is 2. The summed E-state index contributed by atoms with van der Waals surface area (Å²) in [6, 6.07) is 6.00. The first-order valence-electron chi connectivity index (χ1n) is 8.73. The molecule has 2 aliphatic carbocycles. The number of β-amino-alcohol motifs (C(OH)–C–C–N with tert-alkyl or cyclic N) is 1. The molecule has 4 nitrogen and oxygen atoms in total. The summed E-state index contributed by atoms with van der Waals surface area (Å²) >= 11 is 0. The van der Waals surface area contributed by atoms with Crippen molar-refractivity contribution in [3.05, 3.63) is 29.3 Å². The van der Waals surface area contributed by atoms with E-state index in [0.717, 1.165) is 30.6 Å². The molecule has 0 spiro atoms. The molecule has 1 fully saturated rings. The zero-order valence-corrected chi connectivity index (χ0v) is 14.4. The summed E-state index contributed by atoms with van der Waals surface area (Å²) in [5, 5.41) is 24.4. The smallest absolute Gasteiger partial charge is 0.125 e. The Bertz CT molecular complexity index is 566. The fourth-order valence-corrected chi connectivity index (χ4v) is 3.88. The number of aliphatic hydroxyl groups excluding tert-OH is 1. The average molecular weight is 319 g/mol. The first-order valence-corrected chi connectivity index (χ1v) is 8.73. The Kier molecular flexibility index (Phi) is 4.43. The third kappa shape index (κ3) is 3.25. The highest BCUT2D eigenvalue weighted by molar-refractivity contribution is 5.56. The lowest BCUT2D eigenvalue weighted by Gasteiger charge is -2.51. The Morgan fingerprint density at radius 2 is 2.13 bits per heavy atom. The van der Waals surface area contributed by atoms with Crippen LogP contribution < -0.4 is 10.1 Å². The molecule has 0 radical (unpaired) electrons. The fourth-order valence-electron chi connectivity index (χ4n) is 3.88. The van der Waals surface area contributed by atoms with E-state index in [-0.39, 0.29) is 18.1 Å². The monoisotopic (exact) mass is 319 g/mol. The maximum atomic E-state index is 11.0. The number of rotatable bonds is 5. The lowest BCUT2D eigenvalue weighted by Crippen LogP contribution is -2.46. The van der Waals surface area contributed by atoms with Crippen LogP contribution in [0.3, 0.4) is 0 Å². The highest BCUT2D eigenvalue weighted by atomic mass is 16.5. The lowest BCUT2D eigenvalue weighted by molar-refractivity contribution is -0.0524. The quantitative estimate of drug-likeness (QED) is 0.781. The average Bonchev–Trinajstić information content (AvgIpc) is 2.49. The first kappa shape index (κ1) is 16.7. The molecule has 0 aliphatic heterocycles. The molecular formula is C19H29NO3. The molecule has 1 saturated carbocycles. The summed E-state index contributed by atoms with van der Waals surface area (Å²) in [5.74, 6) is 1.00. The van der Waals surface area contributed by atoms with E-state index in [1.165, 1.54) is 12.0 Å². The normalized spacial score (nSPS) is 27.6. The number of benzene rings is 1. The summed E-state index contributed by atoms with van der Waals surface area (Å²) in [4.78, 5) is 0. The highest BCUT2D eigenvalue weighted by Crippen LogP contribution is 2.60. The van der Waals surface area contributed by atoms with Gasteiger partial charge in [-0.3, -0.25) is 0 Å². The van der Waals surface area contributed by atoms with Crippen molar-refractivity contribution in [3.63, 3.8) is 0 Å². The molecule has 0 aromatic heterocycles. The molecule has 1 aromatic rings. The van der Waals surface area contributed by atoms with Gasteiger partial charge in [-0.1, -0.05) is 25.0 Å². The van der Waals surface area contributed by atoms with Gasteiger partial charge in [0.05, 0.1) is 0 Å². The second-order valence-corrected chi connectivity index (χ2v) is 8.04. The van der Waals surface area contributed by atoms with Gasteiger partial charge in [-0.15, -0.1) is 0 Å².